The normalized spacial score (nSPS) is 39.1. The summed E-state index contributed by atoms with van der Waals surface area (Å²) in [6.45, 7) is 0.604. The summed E-state index contributed by atoms with van der Waals surface area (Å²) in [5.41, 5.74) is 7.71. The molecule has 4 unspecified atom stereocenters. The van der Waals surface area contributed by atoms with Crippen molar-refractivity contribution in [1.29, 1.82) is 0 Å². The van der Waals surface area contributed by atoms with Gasteiger partial charge in [-0.05, 0) is 31.1 Å². The maximum Gasteiger partial charge on any atom is 0.0968 e. The number of nitrogens with two attached hydrogens (primary N) is 1. The van der Waals surface area contributed by atoms with Gasteiger partial charge < -0.3 is 10.8 Å². The molecular weight excluding hydrogens is 220 g/mol. The molecule has 4 heteroatoms. The first-order valence-electron chi connectivity index (χ1n) is 6.03. The summed E-state index contributed by atoms with van der Waals surface area (Å²) >= 11 is 1.54. The lowest BCUT2D eigenvalue weighted by molar-refractivity contribution is -0.0108. The molecule has 1 aromatic rings. The van der Waals surface area contributed by atoms with Gasteiger partial charge in [0, 0.05) is 18.2 Å². The molecule has 3 N–H and O–H groups in total. The van der Waals surface area contributed by atoms with Crippen LogP contribution in [0.15, 0.2) is 11.7 Å². The number of hydrogen-bond donors (Lipinski definition) is 2. The molecule has 1 aromatic heterocycles. The number of fused-ring (bicyclic) bond motifs is 2. The molecule has 1 heterocycles. The van der Waals surface area contributed by atoms with Crippen molar-refractivity contribution in [3.05, 3.63) is 16.6 Å². The first kappa shape index (κ1) is 10.7. The minimum atomic E-state index is -0.403. The van der Waals surface area contributed by atoms with Gasteiger partial charge in [0.1, 0.15) is 0 Å². The van der Waals surface area contributed by atoms with Crippen LogP contribution < -0.4 is 5.73 Å². The second-order valence-corrected chi connectivity index (χ2v) is 6.24. The monoisotopic (exact) mass is 238 g/mol. The Morgan fingerprint density at radius 2 is 2.50 bits per heavy atom. The van der Waals surface area contributed by atoms with Crippen LogP contribution in [-0.4, -0.2) is 16.6 Å². The van der Waals surface area contributed by atoms with E-state index in [2.05, 4.69) is 4.98 Å². The van der Waals surface area contributed by atoms with Crippen LogP contribution in [0.5, 0.6) is 0 Å². The molecular formula is C12H18N2OS. The van der Waals surface area contributed by atoms with Crippen molar-refractivity contribution >= 4 is 11.3 Å². The molecule has 16 heavy (non-hydrogen) atoms. The predicted molar refractivity (Wildman–Crippen MR) is 64.0 cm³/mol. The number of nitrogens with zero attached hydrogens (tertiary/aromatic N) is 1. The van der Waals surface area contributed by atoms with Crippen molar-refractivity contribution in [3.63, 3.8) is 0 Å². The molecule has 3 nitrogen and oxygen atoms in total. The van der Waals surface area contributed by atoms with Crippen molar-refractivity contribution in [2.75, 3.05) is 6.54 Å². The van der Waals surface area contributed by atoms with E-state index in [1.54, 1.807) is 23.0 Å². The first-order chi connectivity index (χ1) is 7.76. The summed E-state index contributed by atoms with van der Waals surface area (Å²) < 4.78 is 0. The fourth-order valence-electron chi connectivity index (χ4n) is 3.83. The van der Waals surface area contributed by atoms with Gasteiger partial charge in [0.15, 0.2) is 0 Å². The van der Waals surface area contributed by atoms with E-state index in [-0.39, 0.29) is 5.41 Å². The Hall–Kier alpha value is -0.450. The molecule has 2 fully saturated rings. The Bertz CT molecular complexity index is 367. The first-order valence-corrected chi connectivity index (χ1v) is 6.91. The van der Waals surface area contributed by atoms with E-state index in [9.17, 15) is 5.11 Å². The quantitative estimate of drug-likeness (QED) is 0.846. The van der Waals surface area contributed by atoms with Gasteiger partial charge in [-0.3, -0.25) is 4.98 Å². The molecule has 88 valence electrons. The zero-order chi connectivity index (χ0) is 11.2. The van der Waals surface area contributed by atoms with Crippen molar-refractivity contribution in [2.45, 2.75) is 31.8 Å². The van der Waals surface area contributed by atoms with Gasteiger partial charge in [0.2, 0.25) is 0 Å². The second-order valence-electron chi connectivity index (χ2n) is 5.32. The number of thiazole rings is 1. The van der Waals surface area contributed by atoms with Crippen LogP contribution in [0.3, 0.4) is 0 Å². The summed E-state index contributed by atoms with van der Waals surface area (Å²) in [5, 5.41) is 10.6. The van der Waals surface area contributed by atoms with Gasteiger partial charge in [0.05, 0.1) is 16.5 Å². The van der Waals surface area contributed by atoms with Crippen LogP contribution in [0.4, 0.5) is 0 Å². The van der Waals surface area contributed by atoms with E-state index >= 15 is 0 Å². The van der Waals surface area contributed by atoms with E-state index in [0.29, 0.717) is 12.5 Å². The number of aromatic nitrogens is 1. The molecule has 2 saturated carbocycles. The maximum absolute atomic E-state index is 10.6. The van der Waals surface area contributed by atoms with Crippen molar-refractivity contribution in [1.82, 2.24) is 4.98 Å². The fraction of sp³-hybridized carbons (Fsp3) is 0.750. The topological polar surface area (TPSA) is 59.1 Å². The average molecular weight is 238 g/mol. The highest BCUT2D eigenvalue weighted by Gasteiger charge is 2.54. The Balaban J connectivity index is 1.91. The second kappa shape index (κ2) is 3.79. The Kier molecular flexibility index (Phi) is 2.53. The molecule has 2 aliphatic rings. The van der Waals surface area contributed by atoms with Crippen LogP contribution in [-0.2, 0) is 0 Å². The predicted octanol–water partition coefficient (Wildman–Crippen LogP) is 1.94. The third-order valence-corrected chi connectivity index (χ3v) is 5.50. The molecule has 2 bridgehead atoms. The molecule has 4 atom stereocenters. The molecule has 0 aliphatic heterocycles. The average Bonchev–Trinajstić information content (AvgIpc) is 3.03. The standard InChI is InChI=1S/C12H18N2OS/c13-6-12(4-8-1-2-9(12)3-8)11(15)10-5-14-7-16-10/h5,7-9,11,15H,1-4,6,13H2. The smallest absolute Gasteiger partial charge is 0.0968 e. The Morgan fingerprint density at radius 1 is 1.62 bits per heavy atom. The lowest BCUT2D eigenvalue weighted by Crippen LogP contribution is -2.41. The summed E-state index contributed by atoms with van der Waals surface area (Å²) in [5.74, 6) is 1.43. The van der Waals surface area contributed by atoms with Crippen LogP contribution in [0.2, 0.25) is 0 Å². The fourth-order valence-corrected chi connectivity index (χ4v) is 4.56. The van der Waals surface area contributed by atoms with Crippen LogP contribution in [0.1, 0.15) is 36.7 Å². The highest BCUT2D eigenvalue weighted by atomic mass is 32.1. The molecule has 0 radical (unpaired) electrons. The number of hydrogen-bond acceptors (Lipinski definition) is 4. The van der Waals surface area contributed by atoms with Crippen LogP contribution >= 0.6 is 11.3 Å². The maximum atomic E-state index is 10.6. The Labute approximate surface area is 99.7 Å². The third-order valence-electron chi connectivity index (χ3n) is 4.67. The molecule has 0 saturated heterocycles. The van der Waals surface area contributed by atoms with Gasteiger partial charge in [-0.2, -0.15) is 0 Å². The minimum absolute atomic E-state index is 0.0601. The molecule has 0 aromatic carbocycles. The van der Waals surface area contributed by atoms with Crippen LogP contribution in [0, 0.1) is 17.3 Å². The number of aliphatic hydroxyl groups excluding tert-OH is 1. The summed E-state index contributed by atoms with van der Waals surface area (Å²) in [6, 6.07) is 0. The van der Waals surface area contributed by atoms with Crippen molar-refractivity contribution in [2.24, 2.45) is 23.0 Å². The van der Waals surface area contributed by atoms with Gasteiger partial charge in [-0.1, -0.05) is 6.42 Å². The van der Waals surface area contributed by atoms with E-state index < -0.39 is 6.10 Å². The highest BCUT2D eigenvalue weighted by molar-refractivity contribution is 7.09. The van der Waals surface area contributed by atoms with Crippen LogP contribution in [0.25, 0.3) is 0 Å². The highest BCUT2D eigenvalue weighted by Crippen LogP contribution is 2.60. The van der Waals surface area contributed by atoms with Gasteiger partial charge >= 0.3 is 0 Å². The van der Waals surface area contributed by atoms with Crippen molar-refractivity contribution < 1.29 is 5.11 Å². The van der Waals surface area contributed by atoms with Gasteiger partial charge in [-0.25, -0.2) is 0 Å². The molecule has 3 rings (SSSR count). The largest absolute Gasteiger partial charge is 0.387 e. The lowest BCUT2D eigenvalue weighted by Gasteiger charge is -2.40. The van der Waals surface area contributed by atoms with E-state index in [4.69, 9.17) is 5.73 Å². The summed E-state index contributed by atoms with van der Waals surface area (Å²) in [4.78, 5) is 5.04. The summed E-state index contributed by atoms with van der Waals surface area (Å²) in [6.07, 6.45) is 6.35. The molecule has 0 amide bonds. The zero-order valence-electron chi connectivity index (χ0n) is 9.30. The number of aliphatic hydroxyl groups is 1. The lowest BCUT2D eigenvalue weighted by atomic mass is 9.69. The zero-order valence-corrected chi connectivity index (χ0v) is 10.1. The van der Waals surface area contributed by atoms with E-state index in [1.807, 2.05) is 0 Å². The Morgan fingerprint density at radius 3 is 3.00 bits per heavy atom. The molecule has 2 aliphatic carbocycles. The van der Waals surface area contributed by atoms with E-state index in [1.165, 1.54) is 19.3 Å². The van der Waals surface area contributed by atoms with Gasteiger partial charge in [-0.15, -0.1) is 11.3 Å². The third kappa shape index (κ3) is 1.36. The van der Waals surface area contributed by atoms with E-state index in [0.717, 1.165) is 17.2 Å². The van der Waals surface area contributed by atoms with Gasteiger partial charge in [0.25, 0.3) is 0 Å². The SMILES string of the molecule is NCC1(C(O)c2cncs2)CC2CCC1C2. The molecule has 0 spiro atoms. The number of rotatable bonds is 3. The minimum Gasteiger partial charge on any atom is -0.387 e. The summed E-state index contributed by atoms with van der Waals surface area (Å²) in [7, 11) is 0. The van der Waals surface area contributed by atoms with Crippen molar-refractivity contribution in [3.8, 4) is 0 Å².